The molecule has 2 aliphatic rings. The summed E-state index contributed by atoms with van der Waals surface area (Å²) in [5, 5.41) is 10.6. The predicted octanol–water partition coefficient (Wildman–Crippen LogP) is -0.235. The lowest BCUT2D eigenvalue weighted by Gasteiger charge is -2.16. The van der Waals surface area contributed by atoms with E-state index in [9.17, 15) is 13.6 Å². The lowest BCUT2D eigenvalue weighted by Crippen LogP contribution is -2.24. The molecule has 0 aromatic carbocycles. The molecule has 82 valence electrons. The summed E-state index contributed by atoms with van der Waals surface area (Å²) in [5.74, 6) is 0.186. The maximum absolute atomic E-state index is 11.7. The molecular formula is C8H11N3O3S. The summed E-state index contributed by atoms with van der Waals surface area (Å²) in [4.78, 5) is 4.11. The molecule has 1 N–H and O–H groups in total. The number of rotatable bonds is 0. The molecule has 0 spiro atoms. The molecule has 3 rings (SSSR count). The van der Waals surface area contributed by atoms with Gasteiger partial charge in [0.1, 0.15) is 0 Å². The first-order valence-electron chi connectivity index (χ1n) is 4.83. The van der Waals surface area contributed by atoms with Gasteiger partial charge in [-0.05, 0) is 6.42 Å². The zero-order chi connectivity index (χ0) is 10.6. The molecular weight excluding hydrogens is 218 g/mol. The van der Waals surface area contributed by atoms with E-state index < -0.39 is 9.84 Å². The van der Waals surface area contributed by atoms with Gasteiger partial charge in [0.25, 0.3) is 0 Å². The zero-order valence-electron chi connectivity index (χ0n) is 8.05. The minimum Gasteiger partial charge on any atom is -0.317 e. The summed E-state index contributed by atoms with van der Waals surface area (Å²) < 4.78 is 25.1. The fourth-order valence-corrected chi connectivity index (χ4v) is 3.67. The Morgan fingerprint density at radius 2 is 2.13 bits per heavy atom. The molecule has 7 heteroatoms. The first kappa shape index (κ1) is 9.32. The van der Waals surface area contributed by atoms with Crippen molar-refractivity contribution in [2.45, 2.75) is 31.2 Å². The van der Waals surface area contributed by atoms with Crippen LogP contribution in [0.3, 0.4) is 0 Å². The summed E-state index contributed by atoms with van der Waals surface area (Å²) in [7, 11) is -3.19. The van der Waals surface area contributed by atoms with Gasteiger partial charge in [-0.1, -0.05) is 0 Å². The van der Waals surface area contributed by atoms with Crippen LogP contribution in [0.4, 0.5) is 0 Å². The third kappa shape index (κ3) is 1.23. The van der Waals surface area contributed by atoms with Crippen molar-refractivity contribution in [3.05, 3.63) is 11.4 Å². The number of imidazole rings is 1. The van der Waals surface area contributed by atoms with Gasteiger partial charge in [-0.15, -0.1) is 0 Å². The van der Waals surface area contributed by atoms with E-state index in [2.05, 4.69) is 4.98 Å². The normalized spacial score (nSPS) is 23.8. The van der Waals surface area contributed by atoms with Crippen molar-refractivity contribution in [1.82, 2.24) is 14.6 Å². The second-order valence-corrected chi connectivity index (χ2v) is 5.94. The van der Waals surface area contributed by atoms with Gasteiger partial charge in [0.2, 0.25) is 15.0 Å². The monoisotopic (exact) mass is 229 g/mol. The molecule has 0 atom stereocenters. The predicted molar refractivity (Wildman–Crippen MR) is 49.9 cm³/mol. The van der Waals surface area contributed by atoms with Crippen LogP contribution >= 0.6 is 0 Å². The summed E-state index contributed by atoms with van der Waals surface area (Å²) in [6, 6.07) is 0. The highest BCUT2D eigenvalue weighted by atomic mass is 32.2. The lowest BCUT2D eigenvalue weighted by atomic mass is 10.3. The van der Waals surface area contributed by atoms with E-state index in [0.29, 0.717) is 31.7 Å². The Morgan fingerprint density at radius 1 is 1.33 bits per heavy atom. The molecule has 15 heavy (non-hydrogen) atoms. The van der Waals surface area contributed by atoms with E-state index in [1.165, 1.54) is 0 Å². The average molecular weight is 229 g/mol. The Kier molecular flexibility index (Phi) is 1.74. The zero-order valence-corrected chi connectivity index (χ0v) is 8.87. The number of hydroxylamine groups is 2. The van der Waals surface area contributed by atoms with Crippen molar-refractivity contribution in [3.8, 4) is 0 Å². The number of nitrogens with zero attached hydrogens (tertiary/aromatic N) is 3. The molecule has 0 bridgehead atoms. The molecule has 0 fully saturated rings. The third-order valence-corrected chi connectivity index (χ3v) is 4.55. The van der Waals surface area contributed by atoms with Gasteiger partial charge in [0.15, 0.2) is 0 Å². The van der Waals surface area contributed by atoms with Crippen LogP contribution in [0.1, 0.15) is 17.8 Å². The van der Waals surface area contributed by atoms with Crippen molar-refractivity contribution < 1.29 is 13.6 Å². The van der Waals surface area contributed by atoms with Crippen molar-refractivity contribution in [1.29, 1.82) is 0 Å². The van der Waals surface area contributed by atoms with Gasteiger partial charge in [-0.2, -0.15) is 5.06 Å². The van der Waals surface area contributed by atoms with Crippen molar-refractivity contribution >= 4 is 9.84 Å². The fraction of sp³-hybridized carbons (Fsp3) is 0.625. The van der Waals surface area contributed by atoms with E-state index in [1.807, 2.05) is 0 Å². The first-order chi connectivity index (χ1) is 7.08. The Labute approximate surface area is 87.0 Å². The number of fused-ring (bicyclic) bond motifs is 3. The highest BCUT2D eigenvalue weighted by Gasteiger charge is 2.33. The van der Waals surface area contributed by atoms with Crippen molar-refractivity contribution in [2.24, 2.45) is 0 Å². The SMILES string of the molecule is O=S1(=O)CCCn2c1nc1c2CN(O)C1. The van der Waals surface area contributed by atoms with E-state index in [1.54, 1.807) is 4.57 Å². The van der Waals surface area contributed by atoms with Crippen LogP contribution in [0.25, 0.3) is 0 Å². The number of aromatic nitrogens is 2. The molecule has 0 aliphatic carbocycles. The van der Waals surface area contributed by atoms with Crippen LogP contribution in [-0.2, 0) is 29.5 Å². The molecule has 1 aromatic rings. The standard InChI is InChI=1S/C8H11N3O3S/c12-10-4-6-7(5-10)11-2-1-3-15(13,14)8(11)9-6/h12H,1-5H2. The van der Waals surface area contributed by atoms with Gasteiger partial charge in [0, 0.05) is 6.54 Å². The lowest BCUT2D eigenvalue weighted by molar-refractivity contribution is -0.0989. The molecule has 2 aliphatic heterocycles. The minimum atomic E-state index is -3.19. The first-order valence-corrected chi connectivity index (χ1v) is 6.48. The molecule has 0 unspecified atom stereocenters. The molecule has 0 saturated carbocycles. The van der Waals surface area contributed by atoms with Crippen LogP contribution in [-0.4, -0.2) is 34.0 Å². The molecule has 6 nitrogen and oxygen atoms in total. The summed E-state index contributed by atoms with van der Waals surface area (Å²) >= 11 is 0. The Balaban J connectivity index is 2.20. The third-order valence-electron chi connectivity index (χ3n) is 2.86. The molecule has 1 aromatic heterocycles. The van der Waals surface area contributed by atoms with Crippen LogP contribution in [0.2, 0.25) is 0 Å². The highest BCUT2D eigenvalue weighted by Crippen LogP contribution is 2.28. The van der Waals surface area contributed by atoms with Gasteiger partial charge >= 0.3 is 0 Å². The number of hydrogen-bond acceptors (Lipinski definition) is 5. The topological polar surface area (TPSA) is 75.4 Å². The molecule has 0 saturated heterocycles. The summed E-state index contributed by atoms with van der Waals surface area (Å²) in [6.45, 7) is 1.38. The van der Waals surface area contributed by atoms with Gasteiger partial charge < -0.3 is 9.77 Å². The van der Waals surface area contributed by atoms with Crippen molar-refractivity contribution in [3.63, 3.8) is 0 Å². The van der Waals surface area contributed by atoms with E-state index in [-0.39, 0.29) is 10.9 Å². The fourth-order valence-electron chi connectivity index (χ4n) is 2.19. The van der Waals surface area contributed by atoms with Crippen LogP contribution in [0.15, 0.2) is 5.16 Å². The van der Waals surface area contributed by atoms with Crippen molar-refractivity contribution in [2.75, 3.05) is 5.75 Å². The minimum absolute atomic E-state index is 0.186. The Bertz CT molecular complexity index is 519. The van der Waals surface area contributed by atoms with Gasteiger partial charge in [-0.25, -0.2) is 13.4 Å². The van der Waals surface area contributed by atoms with E-state index in [0.717, 1.165) is 10.8 Å². The second kappa shape index (κ2) is 2.81. The van der Waals surface area contributed by atoms with Gasteiger partial charge in [0.05, 0.1) is 30.2 Å². The highest BCUT2D eigenvalue weighted by molar-refractivity contribution is 7.91. The maximum Gasteiger partial charge on any atom is 0.228 e. The van der Waals surface area contributed by atoms with E-state index >= 15 is 0 Å². The van der Waals surface area contributed by atoms with Crippen LogP contribution in [0, 0.1) is 0 Å². The Hall–Kier alpha value is -0.920. The summed E-state index contributed by atoms with van der Waals surface area (Å²) in [5.41, 5.74) is 1.54. The Morgan fingerprint density at radius 3 is 2.93 bits per heavy atom. The quantitative estimate of drug-likeness (QED) is 0.664. The van der Waals surface area contributed by atoms with Crippen LogP contribution in [0.5, 0.6) is 0 Å². The van der Waals surface area contributed by atoms with Crippen LogP contribution < -0.4 is 0 Å². The molecule has 0 radical (unpaired) electrons. The number of hydrogen-bond donors (Lipinski definition) is 1. The van der Waals surface area contributed by atoms with E-state index in [4.69, 9.17) is 0 Å². The van der Waals surface area contributed by atoms with Gasteiger partial charge in [-0.3, -0.25) is 0 Å². The summed E-state index contributed by atoms with van der Waals surface area (Å²) in [6.07, 6.45) is 0.629. The average Bonchev–Trinajstić information content (AvgIpc) is 2.62. The smallest absolute Gasteiger partial charge is 0.228 e. The largest absolute Gasteiger partial charge is 0.317 e. The number of sulfone groups is 1. The molecule has 3 heterocycles. The second-order valence-electron chi connectivity index (χ2n) is 3.93. The molecule has 0 amide bonds. The maximum atomic E-state index is 11.7.